The first-order valence-corrected chi connectivity index (χ1v) is 5.03. The molecule has 0 unspecified atom stereocenters. The Morgan fingerprint density at radius 2 is 2.47 bits per heavy atom. The number of thioether (sulfide) groups is 1. The van der Waals surface area contributed by atoms with E-state index in [-0.39, 0.29) is 12.3 Å². The number of carbonyl (C=O) groups is 2. The molecule has 1 aliphatic rings. The smallest absolute Gasteiger partial charge is 0.239 e. The number of hydrazone groups is 1. The number of amides is 1. The van der Waals surface area contributed by atoms with Crippen molar-refractivity contribution in [3.8, 4) is 0 Å². The van der Waals surface area contributed by atoms with Gasteiger partial charge in [-0.1, -0.05) is 18.3 Å². The van der Waals surface area contributed by atoms with Crippen molar-refractivity contribution in [3.63, 3.8) is 0 Å². The van der Waals surface area contributed by atoms with Crippen LogP contribution < -0.4 is 15.8 Å². The minimum atomic E-state index is -1.25. The van der Waals surface area contributed by atoms with Crippen molar-refractivity contribution in [1.29, 1.82) is 0 Å². The number of carboxylic acids is 1. The van der Waals surface area contributed by atoms with Gasteiger partial charge >= 0.3 is 0 Å². The minimum absolute atomic E-state index is 0.317. The second-order valence-electron chi connectivity index (χ2n) is 2.98. The van der Waals surface area contributed by atoms with E-state index in [1.54, 1.807) is 6.92 Å². The Morgan fingerprint density at radius 1 is 1.80 bits per heavy atom. The van der Waals surface area contributed by atoms with E-state index in [1.165, 1.54) is 0 Å². The third-order valence-electron chi connectivity index (χ3n) is 1.48. The Labute approximate surface area is 90.8 Å². The Kier molecular flexibility index (Phi) is 3.73. The molecule has 15 heavy (non-hydrogen) atoms. The molecule has 7 heteroatoms. The van der Waals surface area contributed by atoms with Gasteiger partial charge in [-0.2, -0.15) is 5.10 Å². The lowest BCUT2D eigenvalue weighted by Crippen LogP contribution is -2.31. The lowest BCUT2D eigenvalue weighted by Gasteiger charge is -2.04. The van der Waals surface area contributed by atoms with Gasteiger partial charge < -0.3 is 15.2 Å². The number of hydrogen-bond acceptors (Lipinski definition) is 6. The zero-order valence-corrected chi connectivity index (χ0v) is 8.89. The maximum atomic E-state index is 11.2. The Morgan fingerprint density at radius 3 is 3.00 bits per heavy atom. The van der Waals surface area contributed by atoms with Crippen molar-refractivity contribution in [3.05, 3.63) is 12.3 Å². The summed E-state index contributed by atoms with van der Waals surface area (Å²) in [5, 5.41) is 16.2. The molecule has 2 N–H and O–H groups in total. The van der Waals surface area contributed by atoms with Crippen LogP contribution in [0.2, 0.25) is 0 Å². The van der Waals surface area contributed by atoms with Crippen LogP contribution in [0.25, 0.3) is 0 Å². The first-order chi connectivity index (χ1) is 6.99. The number of rotatable bonds is 4. The fourth-order valence-electron chi connectivity index (χ4n) is 0.890. The van der Waals surface area contributed by atoms with Crippen molar-refractivity contribution in [2.24, 2.45) is 5.10 Å². The summed E-state index contributed by atoms with van der Waals surface area (Å²) in [6.07, 6.45) is -0.317. The van der Waals surface area contributed by atoms with Crippen molar-refractivity contribution in [1.82, 2.24) is 10.7 Å². The molecule has 82 valence electrons. The van der Waals surface area contributed by atoms with Crippen LogP contribution in [-0.2, 0) is 9.59 Å². The van der Waals surface area contributed by atoms with Gasteiger partial charge in [0.15, 0.2) is 5.17 Å². The molecular weight excluding hydrogens is 218 g/mol. The Hall–Kier alpha value is -1.50. The summed E-state index contributed by atoms with van der Waals surface area (Å²) in [5.41, 5.74) is 3.20. The summed E-state index contributed by atoms with van der Waals surface area (Å²) in [7, 11) is 0. The second kappa shape index (κ2) is 4.83. The number of nitrogens with one attached hydrogen (secondary N) is 2. The van der Waals surface area contributed by atoms with Crippen LogP contribution >= 0.6 is 11.8 Å². The van der Waals surface area contributed by atoms with E-state index >= 15 is 0 Å². The average molecular weight is 228 g/mol. The van der Waals surface area contributed by atoms with Crippen molar-refractivity contribution in [2.75, 3.05) is 0 Å². The summed E-state index contributed by atoms with van der Waals surface area (Å²) >= 11 is 1.05. The highest BCUT2D eigenvalue weighted by molar-refractivity contribution is 8.15. The van der Waals surface area contributed by atoms with Crippen LogP contribution in [0.1, 0.15) is 13.3 Å². The lowest BCUT2D eigenvalue weighted by atomic mass is 10.3. The van der Waals surface area contributed by atoms with Gasteiger partial charge in [0.2, 0.25) is 5.91 Å². The van der Waals surface area contributed by atoms with E-state index in [4.69, 9.17) is 0 Å². The highest BCUT2D eigenvalue weighted by Gasteiger charge is 2.30. The van der Waals surface area contributed by atoms with E-state index in [0.29, 0.717) is 10.9 Å². The SMILES string of the molecule is C=C(C)N/N=C1/NC(=O)[C@@H](CC(=O)[O-])S1. The first-order valence-electron chi connectivity index (χ1n) is 4.15. The van der Waals surface area contributed by atoms with Gasteiger partial charge in [-0.05, 0) is 6.92 Å². The minimum Gasteiger partial charge on any atom is -0.550 e. The highest BCUT2D eigenvalue weighted by atomic mass is 32.2. The van der Waals surface area contributed by atoms with Crippen molar-refractivity contribution >= 4 is 28.8 Å². The summed E-state index contributed by atoms with van der Waals surface area (Å²) < 4.78 is 0. The quantitative estimate of drug-likeness (QED) is 0.586. The number of nitrogens with zero attached hydrogens (tertiary/aromatic N) is 1. The Bertz CT molecular complexity index is 340. The fraction of sp³-hybridized carbons (Fsp3) is 0.375. The van der Waals surface area contributed by atoms with Gasteiger partial charge in [-0.25, -0.2) is 0 Å². The molecular formula is C8H10N3O3S-. The highest BCUT2D eigenvalue weighted by Crippen LogP contribution is 2.21. The molecule has 0 aliphatic carbocycles. The van der Waals surface area contributed by atoms with Crippen molar-refractivity contribution < 1.29 is 14.7 Å². The topological polar surface area (TPSA) is 93.6 Å². The van der Waals surface area contributed by atoms with E-state index < -0.39 is 11.2 Å². The molecule has 1 atom stereocenters. The maximum Gasteiger partial charge on any atom is 0.239 e. The fourth-order valence-corrected chi connectivity index (χ4v) is 1.80. The van der Waals surface area contributed by atoms with Gasteiger partial charge in [0.05, 0.1) is 5.25 Å². The molecule has 0 aromatic heterocycles. The molecule has 1 rings (SSSR count). The number of amidine groups is 1. The average Bonchev–Trinajstić information content (AvgIpc) is 2.43. The number of carbonyl (C=O) groups excluding carboxylic acids is 2. The zero-order valence-electron chi connectivity index (χ0n) is 8.07. The van der Waals surface area contributed by atoms with Crippen LogP contribution in [0, 0.1) is 0 Å². The van der Waals surface area contributed by atoms with Crippen LogP contribution in [-0.4, -0.2) is 22.3 Å². The molecule has 1 aliphatic heterocycles. The van der Waals surface area contributed by atoms with Crippen LogP contribution in [0.5, 0.6) is 0 Å². The van der Waals surface area contributed by atoms with Crippen LogP contribution in [0.15, 0.2) is 17.4 Å². The van der Waals surface area contributed by atoms with E-state index in [1.807, 2.05) is 0 Å². The summed E-state index contributed by atoms with van der Waals surface area (Å²) in [6.45, 7) is 5.27. The molecule has 1 fully saturated rings. The Balaban J connectivity index is 2.55. The molecule has 0 aromatic carbocycles. The predicted octanol–water partition coefficient (Wildman–Crippen LogP) is -1.25. The van der Waals surface area contributed by atoms with E-state index in [9.17, 15) is 14.7 Å². The van der Waals surface area contributed by atoms with Crippen LogP contribution in [0.4, 0.5) is 0 Å². The summed E-state index contributed by atoms with van der Waals surface area (Å²) in [6, 6.07) is 0. The third kappa shape index (κ3) is 3.62. The monoisotopic (exact) mass is 228 g/mol. The van der Waals surface area contributed by atoms with Gasteiger partial charge in [0.25, 0.3) is 0 Å². The van der Waals surface area contributed by atoms with E-state index in [2.05, 4.69) is 22.4 Å². The summed E-state index contributed by atoms with van der Waals surface area (Å²) in [4.78, 5) is 21.5. The number of hydrogen-bond donors (Lipinski definition) is 2. The molecule has 0 aromatic rings. The first kappa shape index (κ1) is 11.6. The van der Waals surface area contributed by atoms with Gasteiger partial charge in [-0.15, -0.1) is 0 Å². The molecule has 0 radical (unpaired) electrons. The number of allylic oxidation sites excluding steroid dienone is 1. The van der Waals surface area contributed by atoms with Gasteiger partial charge in [0.1, 0.15) is 0 Å². The zero-order chi connectivity index (χ0) is 11.4. The standard InChI is InChI=1S/C8H11N3O3S/c1-4(2)10-11-8-9-7(14)5(15-8)3-6(12)13/h5,10H,1,3H2,2H3,(H,12,13)(H,9,11,14)/p-1/t5-/m1/s1. The second-order valence-corrected chi connectivity index (χ2v) is 4.17. The van der Waals surface area contributed by atoms with Crippen molar-refractivity contribution in [2.45, 2.75) is 18.6 Å². The van der Waals surface area contributed by atoms with Crippen LogP contribution in [0.3, 0.4) is 0 Å². The third-order valence-corrected chi connectivity index (χ3v) is 2.56. The van der Waals surface area contributed by atoms with Gasteiger partial charge in [0, 0.05) is 18.1 Å². The molecule has 1 heterocycles. The largest absolute Gasteiger partial charge is 0.550 e. The molecule has 0 saturated carbocycles. The molecule has 1 saturated heterocycles. The lowest BCUT2D eigenvalue weighted by molar-refractivity contribution is -0.305. The predicted molar refractivity (Wildman–Crippen MR) is 54.5 cm³/mol. The van der Waals surface area contributed by atoms with Gasteiger partial charge in [-0.3, -0.25) is 10.2 Å². The normalized spacial score (nSPS) is 22.6. The number of aliphatic carboxylic acids is 1. The van der Waals surface area contributed by atoms with E-state index in [0.717, 1.165) is 11.8 Å². The number of carboxylic acid groups (broad SMARTS) is 1. The maximum absolute atomic E-state index is 11.2. The molecule has 6 nitrogen and oxygen atoms in total. The molecule has 0 bridgehead atoms. The molecule has 0 spiro atoms. The summed E-state index contributed by atoms with van der Waals surface area (Å²) in [5.74, 6) is -1.62. The molecule has 1 amide bonds.